The van der Waals surface area contributed by atoms with Gasteiger partial charge in [0.05, 0.1) is 17.9 Å². The predicted molar refractivity (Wildman–Crippen MR) is 103 cm³/mol. The molecule has 0 saturated carbocycles. The molecule has 1 aromatic carbocycles. The van der Waals surface area contributed by atoms with E-state index in [0.717, 1.165) is 5.56 Å². The Bertz CT molecular complexity index is 1160. The minimum absolute atomic E-state index is 0.0269. The van der Waals surface area contributed by atoms with Crippen LogP contribution in [0.25, 0.3) is 11.4 Å². The van der Waals surface area contributed by atoms with Gasteiger partial charge in [0.1, 0.15) is 4.75 Å². The maximum Gasteiger partial charge on any atom is 0.289 e. The lowest BCUT2D eigenvalue weighted by Gasteiger charge is -2.48. The number of carbonyl (C=O) groups excluding carboxylic acids is 1. The molecular weight excluding hydrogens is 418 g/mol. The maximum atomic E-state index is 12.9. The first-order valence-corrected chi connectivity index (χ1v) is 11.1. The van der Waals surface area contributed by atoms with E-state index in [2.05, 4.69) is 10.1 Å². The fourth-order valence-electron chi connectivity index (χ4n) is 4.11. The van der Waals surface area contributed by atoms with Crippen LogP contribution in [0, 0.1) is 0 Å². The highest BCUT2D eigenvalue weighted by molar-refractivity contribution is 7.93. The average molecular weight is 434 g/mol. The fourth-order valence-corrected chi connectivity index (χ4v) is 6.55. The van der Waals surface area contributed by atoms with E-state index in [1.54, 1.807) is 36.4 Å². The van der Waals surface area contributed by atoms with Crippen LogP contribution >= 0.6 is 11.6 Å². The summed E-state index contributed by atoms with van der Waals surface area (Å²) in [5.41, 5.74) is 0.725. The number of rotatable bonds is 3. The summed E-state index contributed by atoms with van der Waals surface area (Å²) < 4.78 is 35.2. The van der Waals surface area contributed by atoms with Crippen LogP contribution in [0.1, 0.15) is 28.8 Å². The van der Waals surface area contributed by atoms with Crippen LogP contribution in [0.5, 0.6) is 0 Å². The van der Waals surface area contributed by atoms with Crippen LogP contribution in [0.15, 0.2) is 51.6 Å². The van der Waals surface area contributed by atoms with Gasteiger partial charge in [-0.05, 0) is 42.8 Å². The molecule has 150 valence electrons. The zero-order valence-electron chi connectivity index (χ0n) is 15.1. The van der Waals surface area contributed by atoms with E-state index in [9.17, 15) is 13.2 Å². The first-order chi connectivity index (χ1) is 13.9. The van der Waals surface area contributed by atoms with Gasteiger partial charge in [0.2, 0.25) is 11.7 Å². The number of hydrogen-bond donors (Lipinski definition) is 0. The van der Waals surface area contributed by atoms with Crippen LogP contribution in [-0.2, 0) is 9.84 Å². The van der Waals surface area contributed by atoms with Crippen molar-refractivity contribution in [2.45, 2.75) is 17.1 Å². The SMILES string of the molecule is O=C(c1ccco1)N1CC2(C1)C(c1nc(-c3ccc(Cl)cc3)no1)CCS2(=O)=O. The number of benzene rings is 1. The van der Waals surface area contributed by atoms with Gasteiger partial charge < -0.3 is 13.8 Å². The molecule has 1 atom stereocenters. The Hall–Kier alpha value is -2.65. The number of carbonyl (C=O) groups is 1. The molecule has 0 N–H and O–H groups in total. The Balaban J connectivity index is 1.42. The van der Waals surface area contributed by atoms with E-state index in [1.807, 2.05) is 0 Å². The molecule has 2 fully saturated rings. The summed E-state index contributed by atoms with van der Waals surface area (Å²) in [6.45, 7) is 0.163. The summed E-state index contributed by atoms with van der Waals surface area (Å²) in [5.74, 6) is 0.0873. The summed E-state index contributed by atoms with van der Waals surface area (Å²) in [5, 5.41) is 4.60. The first kappa shape index (κ1) is 18.4. The Morgan fingerprint density at radius 2 is 1.97 bits per heavy atom. The van der Waals surface area contributed by atoms with E-state index in [-0.39, 0.29) is 36.4 Å². The standard InChI is InChI=1S/C19H16ClN3O5S/c20-13-5-3-12(4-6-13)16-21-17(28-22-16)14-7-9-29(25,26)19(14)10-23(11-19)18(24)15-2-1-8-27-15/h1-6,8,14H,7,9-11H2. The van der Waals surface area contributed by atoms with Gasteiger partial charge in [0, 0.05) is 23.7 Å². The number of hydrogen-bond acceptors (Lipinski definition) is 7. The minimum Gasteiger partial charge on any atom is -0.459 e. The summed E-state index contributed by atoms with van der Waals surface area (Å²) in [6.07, 6.45) is 1.79. The van der Waals surface area contributed by atoms with Crippen molar-refractivity contribution in [3.63, 3.8) is 0 Å². The molecule has 2 aliphatic heterocycles. The normalized spacial score (nSPS) is 22.0. The van der Waals surface area contributed by atoms with E-state index in [0.29, 0.717) is 17.3 Å². The summed E-state index contributed by atoms with van der Waals surface area (Å²) in [4.78, 5) is 18.4. The third kappa shape index (κ3) is 2.79. The minimum atomic E-state index is -3.41. The molecule has 2 aliphatic rings. The van der Waals surface area contributed by atoms with Crippen molar-refractivity contribution in [1.29, 1.82) is 0 Å². The summed E-state index contributed by atoms with van der Waals surface area (Å²) in [6, 6.07) is 10.2. The zero-order chi connectivity index (χ0) is 20.2. The summed E-state index contributed by atoms with van der Waals surface area (Å²) in [7, 11) is -3.41. The Morgan fingerprint density at radius 3 is 2.66 bits per heavy atom. The number of halogens is 1. The molecule has 0 aliphatic carbocycles. The van der Waals surface area contributed by atoms with Crippen molar-refractivity contribution in [3.8, 4) is 11.4 Å². The van der Waals surface area contributed by atoms with Crippen LogP contribution < -0.4 is 0 Å². The van der Waals surface area contributed by atoms with Gasteiger partial charge in [0.25, 0.3) is 5.91 Å². The van der Waals surface area contributed by atoms with Gasteiger partial charge in [-0.3, -0.25) is 4.79 Å². The lowest BCUT2D eigenvalue weighted by molar-refractivity contribution is 0.0472. The molecule has 5 rings (SSSR count). The van der Waals surface area contributed by atoms with Gasteiger partial charge in [-0.25, -0.2) is 8.42 Å². The lowest BCUT2D eigenvalue weighted by atomic mass is 9.83. The van der Waals surface area contributed by atoms with Crippen LogP contribution in [-0.4, -0.2) is 53.0 Å². The third-order valence-electron chi connectivity index (χ3n) is 5.71. The number of aromatic nitrogens is 2. The molecule has 29 heavy (non-hydrogen) atoms. The van der Waals surface area contributed by atoms with E-state index in [4.69, 9.17) is 20.5 Å². The number of likely N-dealkylation sites (tertiary alicyclic amines) is 1. The third-order valence-corrected chi connectivity index (χ3v) is 8.51. The van der Waals surface area contributed by atoms with Crippen molar-refractivity contribution >= 4 is 27.3 Å². The molecule has 1 amide bonds. The topological polar surface area (TPSA) is 107 Å². The maximum absolute atomic E-state index is 12.9. The molecular formula is C19H16ClN3O5S. The van der Waals surface area contributed by atoms with Crippen molar-refractivity contribution in [3.05, 3.63) is 59.3 Å². The second-order valence-corrected chi connectivity index (χ2v) is 10.2. The number of furan rings is 1. The second kappa shape index (κ2) is 6.43. The smallest absolute Gasteiger partial charge is 0.289 e. The van der Waals surface area contributed by atoms with Crippen molar-refractivity contribution in [2.24, 2.45) is 0 Å². The molecule has 10 heteroatoms. The van der Waals surface area contributed by atoms with E-state index < -0.39 is 20.5 Å². The van der Waals surface area contributed by atoms with Crippen LogP contribution in [0.2, 0.25) is 5.02 Å². The van der Waals surface area contributed by atoms with Crippen LogP contribution in [0.4, 0.5) is 0 Å². The highest BCUT2D eigenvalue weighted by atomic mass is 35.5. The molecule has 4 heterocycles. The number of nitrogens with zero attached hydrogens (tertiary/aromatic N) is 3. The second-order valence-electron chi connectivity index (χ2n) is 7.33. The monoisotopic (exact) mass is 433 g/mol. The molecule has 0 bridgehead atoms. The highest BCUT2D eigenvalue weighted by Gasteiger charge is 2.64. The van der Waals surface area contributed by atoms with E-state index in [1.165, 1.54) is 11.2 Å². The lowest BCUT2D eigenvalue weighted by Crippen LogP contribution is -2.67. The summed E-state index contributed by atoms with van der Waals surface area (Å²) >= 11 is 5.91. The van der Waals surface area contributed by atoms with Crippen LogP contribution in [0.3, 0.4) is 0 Å². The van der Waals surface area contributed by atoms with Gasteiger partial charge >= 0.3 is 0 Å². The molecule has 8 nitrogen and oxygen atoms in total. The molecule has 1 spiro atoms. The van der Waals surface area contributed by atoms with E-state index >= 15 is 0 Å². The molecule has 2 aromatic heterocycles. The van der Waals surface area contributed by atoms with Crippen molar-refractivity contribution in [2.75, 3.05) is 18.8 Å². The quantitative estimate of drug-likeness (QED) is 0.625. The highest BCUT2D eigenvalue weighted by Crippen LogP contribution is 2.50. The van der Waals surface area contributed by atoms with Crippen molar-refractivity contribution < 1.29 is 22.2 Å². The Morgan fingerprint density at radius 1 is 1.21 bits per heavy atom. The molecule has 3 aromatic rings. The average Bonchev–Trinajstić information content (AvgIpc) is 3.39. The van der Waals surface area contributed by atoms with Gasteiger partial charge in [-0.2, -0.15) is 4.98 Å². The number of sulfone groups is 1. The molecule has 0 radical (unpaired) electrons. The fraction of sp³-hybridized carbons (Fsp3) is 0.316. The Kier molecular flexibility index (Phi) is 4.08. The predicted octanol–water partition coefficient (Wildman–Crippen LogP) is 2.78. The molecule has 1 unspecified atom stereocenters. The Labute approximate surface area is 171 Å². The largest absolute Gasteiger partial charge is 0.459 e. The van der Waals surface area contributed by atoms with Gasteiger partial charge in [-0.1, -0.05) is 16.8 Å². The first-order valence-electron chi connectivity index (χ1n) is 9.04. The van der Waals surface area contributed by atoms with Gasteiger partial charge in [0.15, 0.2) is 15.6 Å². The molecule has 2 saturated heterocycles. The number of amides is 1. The van der Waals surface area contributed by atoms with Crippen molar-refractivity contribution in [1.82, 2.24) is 15.0 Å². The zero-order valence-corrected chi connectivity index (χ0v) is 16.7. The van der Waals surface area contributed by atoms with Gasteiger partial charge in [-0.15, -0.1) is 0 Å².